The quantitative estimate of drug-likeness (QED) is 0.694. The lowest BCUT2D eigenvalue weighted by atomic mass is 10.2. The summed E-state index contributed by atoms with van der Waals surface area (Å²) in [6, 6.07) is 11.2. The molecule has 1 fully saturated rings. The van der Waals surface area contributed by atoms with Crippen LogP contribution in [0.1, 0.15) is 5.56 Å². The third-order valence-corrected chi connectivity index (χ3v) is 5.18. The number of anilines is 1. The molecule has 0 saturated carbocycles. The van der Waals surface area contributed by atoms with E-state index in [4.69, 9.17) is 0 Å². The van der Waals surface area contributed by atoms with E-state index in [1.54, 1.807) is 24.5 Å². The van der Waals surface area contributed by atoms with Crippen molar-refractivity contribution in [2.45, 2.75) is 13.1 Å². The highest BCUT2D eigenvalue weighted by Gasteiger charge is 2.15. The molecule has 1 aliphatic rings. The highest BCUT2D eigenvalue weighted by atomic mass is 16.2. The molecule has 8 heteroatoms. The van der Waals surface area contributed by atoms with E-state index in [1.807, 2.05) is 24.3 Å². The minimum Gasteiger partial charge on any atom is -0.354 e. The summed E-state index contributed by atoms with van der Waals surface area (Å²) in [6.07, 6.45) is 3.39. The Labute approximate surface area is 168 Å². The van der Waals surface area contributed by atoms with Crippen LogP contribution in [-0.2, 0) is 17.9 Å². The number of carbonyl (C=O) groups is 1. The maximum absolute atomic E-state index is 12.4. The molecule has 0 atom stereocenters. The third kappa shape index (κ3) is 4.43. The van der Waals surface area contributed by atoms with Crippen molar-refractivity contribution in [3.63, 3.8) is 0 Å². The largest absolute Gasteiger partial charge is 0.354 e. The Morgan fingerprint density at radius 2 is 1.86 bits per heavy atom. The highest BCUT2D eigenvalue weighted by Crippen LogP contribution is 2.13. The predicted molar refractivity (Wildman–Crippen MR) is 112 cm³/mol. The smallest absolute Gasteiger partial charge is 0.275 e. The summed E-state index contributed by atoms with van der Waals surface area (Å²) >= 11 is 0. The molecule has 3 aromatic rings. The number of hydrogen-bond donors (Lipinski definition) is 1. The first-order valence-electron chi connectivity index (χ1n) is 9.70. The third-order valence-electron chi connectivity index (χ3n) is 5.18. The van der Waals surface area contributed by atoms with E-state index in [9.17, 15) is 9.59 Å². The number of piperazine rings is 1. The molecule has 0 unspecified atom stereocenters. The zero-order chi connectivity index (χ0) is 20.2. The zero-order valence-corrected chi connectivity index (χ0v) is 16.4. The van der Waals surface area contributed by atoms with Crippen molar-refractivity contribution in [1.29, 1.82) is 0 Å². The van der Waals surface area contributed by atoms with Crippen LogP contribution in [0.2, 0.25) is 0 Å². The van der Waals surface area contributed by atoms with E-state index < -0.39 is 0 Å². The Morgan fingerprint density at radius 1 is 1.07 bits per heavy atom. The molecule has 0 aliphatic carbocycles. The molecule has 1 N–H and O–H groups in total. The van der Waals surface area contributed by atoms with Gasteiger partial charge in [-0.25, -0.2) is 9.67 Å². The fourth-order valence-electron chi connectivity index (χ4n) is 3.38. The Bertz CT molecular complexity index is 1050. The number of rotatable bonds is 5. The van der Waals surface area contributed by atoms with Gasteiger partial charge in [0.1, 0.15) is 12.4 Å². The molecule has 0 bridgehead atoms. The Morgan fingerprint density at radius 3 is 2.62 bits per heavy atom. The molecule has 150 valence electrons. The van der Waals surface area contributed by atoms with E-state index in [-0.39, 0.29) is 18.0 Å². The molecule has 1 aromatic carbocycles. The summed E-state index contributed by atoms with van der Waals surface area (Å²) in [6.45, 7) is 4.23. The fraction of sp³-hybridized carbons (Fsp3) is 0.333. The van der Waals surface area contributed by atoms with Gasteiger partial charge in [0.15, 0.2) is 0 Å². The van der Waals surface area contributed by atoms with E-state index >= 15 is 0 Å². The second-order valence-electron chi connectivity index (χ2n) is 7.29. The zero-order valence-electron chi connectivity index (χ0n) is 16.4. The van der Waals surface area contributed by atoms with Crippen LogP contribution in [0, 0.1) is 0 Å². The minimum absolute atomic E-state index is 0.115. The SMILES string of the molecule is CN1CCN(c2ccc(CNC(=O)Cn3ncc4ccccc4c3=O)cn2)CC1. The number of amides is 1. The van der Waals surface area contributed by atoms with Crippen LogP contribution in [0.5, 0.6) is 0 Å². The van der Waals surface area contributed by atoms with Gasteiger partial charge in [0.05, 0.1) is 11.6 Å². The average Bonchev–Trinajstić information content (AvgIpc) is 2.75. The van der Waals surface area contributed by atoms with Crippen molar-refractivity contribution in [2.24, 2.45) is 0 Å². The van der Waals surface area contributed by atoms with Crippen LogP contribution in [0.15, 0.2) is 53.6 Å². The number of hydrogen-bond acceptors (Lipinski definition) is 6. The molecule has 0 radical (unpaired) electrons. The van der Waals surface area contributed by atoms with E-state index in [1.165, 1.54) is 4.68 Å². The van der Waals surface area contributed by atoms with Crippen molar-refractivity contribution < 1.29 is 4.79 Å². The first kappa shape index (κ1) is 19.1. The van der Waals surface area contributed by atoms with E-state index in [0.717, 1.165) is 42.9 Å². The first-order valence-corrected chi connectivity index (χ1v) is 9.70. The van der Waals surface area contributed by atoms with Crippen molar-refractivity contribution in [3.05, 3.63) is 64.7 Å². The van der Waals surface area contributed by atoms with Gasteiger partial charge in [0.2, 0.25) is 5.91 Å². The summed E-state index contributed by atoms with van der Waals surface area (Å²) in [4.78, 5) is 33.8. The van der Waals surface area contributed by atoms with Crippen LogP contribution in [0.25, 0.3) is 10.8 Å². The molecular weight excluding hydrogens is 368 g/mol. The van der Waals surface area contributed by atoms with Gasteiger partial charge in [-0.2, -0.15) is 5.10 Å². The van der Waals surface area contributed by atoms with E-state index in [0.29, 0.717) is 11.9 Å². The van der Waals surface area contributed by atoms with Gasteiger partial charge in [0.25, 0.3) is 5.56 Å². The van der Waals surface area contributed by atoms with Crippen molar-refractivity contribution in [1.82, 2.24) is 25.0 Å². The summed E-state index contributed by atoms with van der Waals surface area (Å²) in [5.74, 6) is 0.693. The fourth-order valence-corrected chi connectivity index (χ4v) is 3.38. The Hall–Kier alpha value is -3.26. The normalized spacial score (nSPS) is 14.9. The molecule has 1 amide bonds. The van der Waals surface area contributed by atoms with Gasteiger partial charge >= 0.3 is 0 Å². The summed E-state index contributed by atoms with van der Waals surface area (Å²) in [5.41, 5.74) is 0.645. The Balaban J connectivity index is 1.34. The number of carbonyl (C=O) groups excluding carboxylic acids is 1. The predicted octanol–water partition coefficient (Wildman–Crippen LogP) is 0.860. The number of benzene rings is 1. The number of fused-ring (bicyclic) bond motifs is 1. The minimum atomic E-state index is -0.267. The van der Waals surface area contributed by atoms with Gasteiger partial charge in [-0.3, -0.25) is 9.59 Å². The lowest BCUT2D eigenvalue weighted by molar-refractivity contribution is -0.122. The molecule has 2 aromatic heterocycles. The molecule has 4 rings (SSSR count). The van der Waals surface area contributed by atoms with Crippen LogP contribution in [-0.4, -0.2) is 58.8 Å². The lowest BCUT2D eigenvalue weighted by Gasteiger charge is -2.33. The van der Waals surface area contributed by atoms with Crippen LogP contribution < -0.4 is 15.8 Å². The first-order chi connectivity index (χ1) is 14.1. The van der Waals surface area contributed by atoms with Crippen molar-refractivity contribution in [2.75, 3.05) is 38.1 Å². The summed E-state index contributed by atoms with van der Waals surface area (Å²) in [7, 11) is 2.12. The second kappa shape index (κ2) is 8.40. The molecule has 3 heterocycles. The second-order valence-corrected chi connectivity index (χ2v) is 7.29. The number of pyridine rings is 1. The van der Waals surface area contributed by atoms with Crippen LogP contribution >= 0.6 is 0 Å². The van der Waals surface area contributed by atoms with Gasteiger partial charge in [-0.15, -0.1) is 0 Å². The number of aromatic nitrogens is 3. The van der Waals surface area contributed by atoms with Gasteiger partial charge in [0, 0.05) is 44.3 Å². The van der Waals surface area contributed by atoms with Crippen LogP contribution in [0.4, 0.5) is 5.82 Å². The molecule has 8 nitrogen and oxygen atoms in total. The molecule has 29 heavy (non-hydrogen) atoms. The number of nitrogens with zero attached hydrogens (tertiary/aromatic N) is 5. The maximum atomic E-state index is 12.4. The van der Waals surface area contributed by atoms with Crippen molar-refractivity contribution >= 4 is 22.5 Å². The lowest BCUT2D eigenvalue weighted by Crippen LogP contribution is -2.44. The molecule has 0 spiro atoms. The van der Waals surface area contributed by atoms with Gasteiger partial charge in [-0.05, 0) is 24.7 Å². The summed E-state index contributed by atoms with van der Waals surface area (Å²) < 4.78 is 1.19. The topological polar surface area (TPSA) is 83.4 Å². The van der Waals surface area contributed by atoms with Gasteiger partial charge in [-0.1, -0.05) is 24.3 Å². The summed E-state index contributed by atoms with van der Waals surface area (Å²) in [5, 5.41) is 8.24. The maximum Gasteiger partial charge on any atom is 0.275 e. The molecule has 1 saturated heterocycles. The molecule has 1 aliphatic heterocycles. The average molecular weight is 392 g/mol. The van der Waals surface area contributed by atoms with Gasteiger partial charge < -0.3 is 15.1 Å². The Kier molecular flexibility index (Phi) is 5.53. The monoisotopic (exact) mass is 392 g/mol. The number of likely N-dealkylation sites (N-methyl/N-ethyl adjacent to an activating group) is 1. The van der Waals surface area contributed by atoms with Crippen molar-refractivity contribution in [3.8, 4) is 0 Å². The van der Waals surface area contributed by atoms with Crippen LogP contribution in [0.3, 0.4) is 0 Å². The van der Waals surface area contributed by atoms with E-state index in [2.05, 4.69) is 32.2 Å². The highest BCUT2D eigenvalue weighted by molar-refractivity contribution is 5.81. The number of nitrogens with one attached hydrogen (secondary N) is 1. The molecular formula is C21H24N6O2. The standard InChI is InChI=1S/C21H24N6O2/c1-25-8-10-26(11-9-25)19-7-6-16(12-22-19)13-23-20(28)15-27-21(29)18-5-3-2-4-17(18)14-24-27/h2-7,12,14H,8-11,13,15H2,1H3,(H,23,28).